The van der Waals surface area contributed by atoms with Crippen molar-refractivity contribution in [3.8, 4) is 5.69 Å². The lowest BCUT2D eigenvalue weighted by Gasteiger charge is -2.36. The number of piperidine rings is 1. The third-order valence-electron chi connectivity index (χ3n) is 7.85. The van der Waals surface area contributed by atoms with Crippen molar-refractivity contribution in [2.75, 3.05) is 38.3 Å². The quantitative estimate of drug-likeness (QED) is 0.251. The van der Waals surface area contributed by atoms with Crippen LogP contribution in [0.3, 0.4) is 0 Å². The van der Waals surface area contributed by atoms with Gasteiger partial charge in [-0.15, -0.1) is 0 Å². The number of ether oxygens (including phenoxy) is 2. The van der Waals surface area contributed by atoms with E-state index in [0.29, 0.717) is 13.2 Å². The van der Waals surface area contributed by atoms with Crippen LogP contribution in [-0.2, 0) is 14.3 Å². The Kier molecular flexibility index (Phi) is 8.81. The summed E-state index contributed by atoms with van der Waals surface area (Å²) in [5.41, 5.74) is 3.88. The fraction of sp³-hybridized carbons (Fsp3) is 0.333. The SMILES string of the molecule is CCOC(=O)C(c1ccccc1)C1CCN(c2ccc(-n3ccn([C@@H](COC)c4ccccc4)c3=O)cc2)CC1. The highest BCUT2D eigenvalue weighted by atomic mass is 16.5. The van der Waals surface area contributed by atoms with Gasteiger partial charge in [0, 0.05) is 38.3 Å². The average Bonchev–Trinajstić information content (AvgIpc) is 3.38. The number of anilines is 1. The van der Waals surface area contributed by atoms with Gasteiger partial charge in [-0.05, 0) is 61.1 Å². The van der Waals surface area contributed by atoms with Gasteiger partial charge in [-0.25, -0.2) is 4.79 Å². The van der Waals surface area contributed by atoms with Gasteiger partial charge >= 0.3 is 11.7 Å². The number of carbonyl (C=O) groups is 1. The number of esters is 1. The van der Waals surface area contributed by atoms with Gasteiger partial charge in [-0.2, -0.15) is 0 Å². The third kappa shape index (κ3) is 5.89. The first-order valence-electron chi connectivity index (χ1n) is 14.0. The molecule has 208 valence electrons. The molecule has 1 saturated heterocycles. The molecule has 0 aliphatic carbocycles. The fourth-order valence-electron chi connectivity index (χ4n) is 5.80. The van der Waals surface area contributed by atoms with E-state index in [1.54, 1.807) is 16.2 Å². The standard InChI is InChI=1S/C33H37N3O4/c1-3-40-32(37)31(26-12-8-5-9-13-26)27-18-20-34(21-19-27)28-14-16-29(17-15-28)35-22-23-36(33(35)38)30(24-39-2)25-10-6-4-7-11-25/h4-17,22-23,27,30-31H,3,18-21,24H2,1-2H3/t30-,31?/m0/s1. The summed E-state index contributed by atoms with van der Waals surface area (Å²) in [5, 5.41) is 0. The number of benzene rings is 3. The summed E-state index contributed by atoms with van der Waals surface area (Å²) in [6, 6.07) is 27.9. The van der Waals surface area contributed by atoms with Crippen LogP contribution in [0.15, 0.2) is 102 Å². The van der Waals surface area contributed by atoms with Gasteiger partial charge in [0.05, 0.1) is 30.9 Å². The van der Waals surface area contributed by atoms with Crippen molar-refractivity contribution >= 4 is 11.7 Å². The summed E-state index contributed by atoms with van der Waals surface area (Å²) < 4.78 is 14.3. The normalized spacial score (nSPS) is 15.5. The second-order valence-corrected chi connectivity index (χ2v) is 10.2. The van der Waals surface area contributed by atoms with E-state index in [4.69, 9.17) is 9.47 Å². The molecule has 40 heavy (non-hydrogen) atoms. The largest absolute Gasteiger partial charge is 0.466 e. The first-order valence-corrected chi connectivity index (χ1v) is 14.0. The predicted molar refractivity (Wildman–Crippen MR) is 157 cm³/mol. The number of carbonyl (C=O) groups excluding carboxylic acids is 1. The molecule has 0 bridgehead atoms. The van der Waals surface area contributed by atoms with E-state index in [0.717, 1.165) is 48.4 Å². The zero-order valence-corrected chi connectivity index (χ0v) is 23.2. The number of imidazole rings is 1. The minimum absolute atomic E-state index is 0.106. The van der Waals surface area contributed by atoms with Crippen LogP contribution >= 0.6 is 0 Å². The van der Waals surface area contributed by atoms with Crippen molar-refractivity contribution < 1.29 is 14.3 Å². The van der Waals surface area contributed by atoms with Crippen LogP contribution in [0.25, 0.3) is 5.69 Å². The van der Waals surface area contributed by atoms with Crippen molar-refractivity contribution in [3.05, 3.63) is 119 Å². The zero-order valence-electron chi connectivity index (χ0n) is 23.2. The van der Waals surface area contributed by atoms with E-state index in [9.17, 15) is 9.59 Å². The molecule has 1 aliphatic heterocycles. The van der Waals surface area contributed by atoms with Crippen molar-refractivity contribution in [1.29, 1.82) is 0 Å². The molecular weight excluding hydrogens is 502 g/mol. The predicted octanol–water partition coefficient (Wildman–Crippen LogP) is 5.44. The number of rotatable bonds is 10. The maximum absolute atomic E-state index is 13.4. The van der Waals surface area contributed by atoms with Gasteiger partial charge in [-0.1, -0.05) is 60.7 Å². The molecule has 0 spiro atoms. The molecule has 0 saturated carbocycles. The highest BCUT2D eigenvalue weighted by Gasteiger charge is 2.33. The monoisotopic (exact) mass is 539 g/mol. The average molecular weight is 540 g/mol. The smallest absolute Gasteiger partial charge is 0.333 e. The number of methoxy groups -OCH3 is 1. The minimum Gasteiger partial charge on any atom is -0.466 e. The van der Waals surface area contributed by atoms with E-state index in [2.05, 4.69) is 17.0 Å². The molecule has 2 heterocycles. The van der Waals surface area contributed by atoms with Crippen molar-refractivity contribution in [2.45, 2.75) is 31.7 Å². The van der Waals surface area contributed by atoms with Gasteiger partial charge in [0.25, 0.3) is 0 Å². The molecule has 0 N–H and O–H groups in total. The molecule has 0 amide bonds. The van der Waals surface area contributed by atoms with Crippen molar-refractivity contribution in [2.24, 2.45) is 5.92 Å². The third-order valence-corrected chi connectivity index (χ3v) is 7.85. The lowest BCUT2D eigenvalue weighted by atomic mass is 9.80. The number of hydrogen-bond acceptors (Lipinski definition) is 5. The molecule has 1 unspecified atom stereocenters. The highest BCUT2D eigenvalue weighted by Crippen LogP contribution is 2.35. The minimum atomic E-state index is -0.237. The summed E-state index contributed by atoms with van der Waals surface area (Å²) in [7, 11) is 1.65. The van der Waals surface area contributed by atoms with Gasteiger partial charge in [0.1, 0.15) is 0 Å². The summed E-state index contributed by atoms with van der Waals surface area (Å²) in [6.07, 6.45) is 5.45. The Morgan fingerprint density at radius 3 is 2.05 bits per heavy atom. The van der Waals surface area contributed by atoms with E-state index < -0.39 is 0 Å². The topological polar surface area (TPSA) is 65.7 Å². The van der Waals surface area contributed by atoms with Crippen molar-refractivity contribution in [1.82, 2.24) is 9.13 Å². The summed E-state index contributed by atoms with van der Waals surface area (Å²) in [6.45, 7) is 4.37. The Morgan fingerprint density at radius 1 is 0.850 bits per heavy atom. The van der Waals surface area contributed by atoms with Gasteiger partial charge in [0.2, 0.25) is 0 Å². The van der Waals surface area contributed by atoms with Crippen LogP contribution in [0.5, 0.6) is 0 Å². The number of hydrogen-bond donors (Lipinski definition) is 0. The Hall–Kier alpha value is -4.10. The molecule has 5 rings (SSSR count). The van der Waals surface area contributed by atoms with E-state index >= 15 is 0 Å². The van der Waals surface area contributed by atoms with Crippen LogP contribution in [0.2, 0.25) is 0 Å². The summed E-state index contributed by atoms with van der Waals surface area (Å²) in [5.74, 6) is -0.131. The first kappa shape index (κ1) is 27.5. The number of aromatic nitrogens is 2. The fourth-order valence-corrected chi connectivity index (χ4v) is 5.80. The Balaban J connectivity index is 1.28. The van der Waals surface area contributed by atoms with Crippen LogP contribution < -0.4 is 10.6 Å². The first-order chi connectivity index (χ1) is 19.6. The second kappa shape index (κ2) is 12.8. The molecule has 3 aromatic carbocycles. The Bertz CT molecular complexity index is 1420. The molecule has 1 aromatic heterocycles. The Morgan fingerprint density at radius 2 is 1.45 bits per heavy atom. The number of nitrogens with zero attached hydrogens (tertiary/aromatic N) is 3. The van der Waals surface area contributed by atoms with E-state index in [-0.39, 0.29) is 29.5 Å². The van der Waals surface area contributed by atoms with Crippen LogP contribution in [0.1, 0.15) is 42.9 Å². The van der Waals surface area contributed by atoms with E-state index in [1.807, 2.05) is 92.1 Å². The van der Waals surface area contributed by atoms with Crippen LogP contribution in [0.4, 0.5) is 5.69 Å². The molecule has 7 heteroatoms. The highest BCUT2D eigenvalue weighted by molar-refractivity contribution is 5.78. The van der Waals surface area contributed by atoms with Gasteiger partial charge < -0.3 is 14.4 Å². The maximum atomic E-state index is 13.4. The maximum Gasteiger partial charge on any atom is 0.333 e. The molecule has 4 aromatic rings. The summed E-state index contributed by atoms with van der Waals surface area (Å²) >= 11 is 0. The molecule has 1 aliphatic rings. The van der Waals surface area contributed by atoms with Crippen LogP contribution in [0, 0.1) is 5.92 Å². The Labute approximate surface area is 235 Å². The van der Waals surface area contributed by atoms with E-state index in [1.165, 1.54) is 0 Å². The summed E-state index contributed by atoms with van der Waals surface area (Å²) in [4.78, 5) is 28.6. The lowest BCUT2D eigenvalue weighted by Crippen LogP contribution is -2.37. The van der Waals surface area contributed by atoms with Gasteiger partial charge in [-0.3, -0.25) is 13.9 Å². The molecule has 0 radical (unpaired) electrons. The molecule has 1 fully saturated rings. The van der Waals surface area contributed by atoms with Gasteiger partial charge in [0.15, 0.2) is 0 Å². The van der Waals surface area contributed by atoms with Crippen LogP contribution in [-0.4, -0.2) is 48.5 Å². The second-order valence-electron chi connectivity index (χ2n) is 10.2. The molecule has 2 atom stereocenters. The van der Waals surface area contributed by atoms with Crippen molar-refractivity contribution in [3.63, 3.8) is 0 Å². The molecule has 7 nitrogen and oxygen atoms in total. The lowest BCUT2D eigenvalue weighted by molar-refractivity contribution is -0.146. The molecular formula is C33H37N3O4. The zero-order chi connectivity index (χ0) is 27.9.